The van der Waals surface area contributed by atoms with Crippen LogP contribution in [-0.4, -0.2) is 11.6 Å². The Hall–Kier alpha value is -8.40. The average molecular weight is 1180 g/mol. The highest BCUT2D eigenvalue weighted by atomic mass is 127. The van der Waals surface area contributed by atoms with Gasteiger partial charge in [0, 0.05) is 29.4 Å². The van der Waals surface area contributed by atoms with Crippen molar-refractivity contribution in [3.05, 3.63) is 272 Å². The molecular weight excluding hydrogens is 1140 g/mol. The number of ketones is 2. The van der Waals surface area contributed by atoms with E-state index in [0.29, 0.717) is 91.2 Å². The predicted octanol–water partition coefficient (Wildman–Crippen LogP) is 17.9. The number of ether oxygens (including phenoxy) is 7. The summed E-state index contributed by atoms with van der Waals surface area (Å²) in [6, 6.07) is 73.3. The Morgan fingerprint density at radius 1 is 0.247 bits per heavy atom. The Morgan fingerprint density at radius 3 is 0.726 bits per heavy atom. The van der Waals surface area contributed by atoms with Crippen LogP contribution < -0.4 is 33.2 Å². The molecule has 0 aliphatic rings. The van der Waals surface area contributed by atoms with E-state index >= 15 is 0 Å². The number of para-hydroxylation sites is 1. The van der Waals surface area contributed by atoms with Crippen molar-refractivity contribution in [1.29, 1.82) is 0 Å². The molecule has 0 aromatic heterocycles. The fourth-order valence-electron chi connectivity index (χ4n) is 7.34. The highest BCUT2D eigenvalue weighted by Crippen LogP contribution is 2.33. The van der Waals surface area contributed by atoms with Crippen LogP contribution in [0, 0.1) is 7.14 Å². The SMILES string of the molecule is O=C(c1ccc(Oc2ccc(Oc3ccc(Oc4ccc(Oc5ccc(Oc6ccc(Oc7ccccc7)cc6)cc5)cc4)cc3)cc2)cc1)c1ccc(Oc2ccc(C(=O)c3cc(I)ccc3I)cc2)cc1. The standard InChI is InChI=1S/C62H40I2O9/c63-44-12-39-60(64)59(40-44)62(66)43-10-17-48(18-11-43)68-46-13-6-41(7-14-46)61(65)42-8-15-47(16-9-42)69-50-23-25-52(26-24-50)71-54-31-33-56(34-32-54)73-58-37-35-57(36-38-58)72-55-29-27-53(28-30-55)70-51-21-19-49(20-22-51)67-45-4-2-1-3-5-45/h1-40H. The fourth-order valence-corrected chi connectivity index (χ4v) is 8.41. The summed E-state index contributed by atoms with van der Waals surface area (Å²) < 4.78 is 44.0. The number of benzene rings is 10. The molecular formula is C62H40I2O9. The minimum Gasteiger partial charge on any atom is -0.457 e. The highest BCUT2D eigenvalue weighted by Gasteiger charge is 2.15. The van der Waals surface area contributed by atoms with Crippen LogP contribution in [0.25, 0.3) is 0 Å². The third kappa shape index (κ3) is 12.9. The lowest BCUT2D eigenvalue weighted by molar-refractivity contribution is 0.103. The maximum atomic E-state index is 13.3. The summed E-state index contributed by atoms with van der Waals surface area (Å²) in [7, 11) is 0. The van der Waals surface area contributed by atoms with E-state index in [1.807, 2.05) is 170 Å². The van der Waals surface area contributed by atoms with Crippen molar-refractivity contribution in [1.82, 2.24) is 0 Å². The van der Waals surface area contributed by atoms with Crippen LogP contribution in [0.4, 0.5) is 0 Å². The lowest BCUT2D eigenvalue weighted by atomic mass is 10.0. The summed E-state index contributed by atoms with van der Waals surface area (Å²) in [6.07, 6.45) is 0. The Morgan fingerprint density at radius 2 is 0.466 bits per heavy atom. The molecule has 0 saturated carbocycles. The van der Waals surface area contributed by atoms with Gasteiger partial charge in [0.05, 0.1) is 0 Å². The average Bonchev–Trinajstić information content (AvgIpc) is 3.43. The first-order chi connectivity index (χ1) is 35.7. The highest BCUT2D eigenvalue weighted by molar-refractivity contribution is 14.1. The van der Waals surface area contributed by atoms with Gasteiger partial charge in [0.15, 0.2) is 11.6 Å². The zero-order valence-electron chi connectivity index (χ0n) is 38.5. The maximum Gasteiger partial charge on any atom is 0.194 e. The number of carbonyl (C=O) groups is 2. The molecule has 0 aliphatic heterocycles. The third-order valence-electron chi connectivity index (χ3n) is 11.0. The van der Waals surface area contributed by atoms with Crippen molar-refractivity contribution in [2.45, 2.75) is 0 Å². The molecule has 356 valence electrons. The number of hydrogen-bond acceptors (Lipinski definition) is 9. The second-order valence-corrected chi connectivity index (χ2v) is 18.6. The van der Waals surface area contributed by atoms with Crippen LogP contribution in [-0.2, 0) is 0 Å². The van der Waals surface area contributed by atoms with E-state index < -0.39 is 0 Å². The van der Waals surface area contributed by atoms with Crippen molar-refractivity contribution in [3.63, 3.8) is 0 Å². The van der Waals surface area contributed by atoms with Gasteiger partial charge in [-0.2, -0.15) is 0 Å². The van der Waals surface area contributed by atoms with Gasteiger partial charge in [-0.05, 0) is 270 Å². The molecule has 0 saturated heterocycles. The Bertz CT molecular complexity index is 3460. The van der Waals surface area contributed by atoms with Crippen molar-refractivity contribution in [2.24, 2.45) is 0 Å². The van der Waals surface area contributed by atoms with Gasteiger partial charge in [-0.1, -0.05) is 18.2 Å². The van der Waals surface area contributed by atoms with E-state index in [1.54, 1.807) is 72.8 Å². The van der Waals surface area contributed by atoms with Gasteiger partial charge in [-0.3, -0.25) is 9.59 Å². The summed E-state index contributed by atoms with van der Waals surface area (Å²) >= 11 is 4.38. The second kappa shape index (κ2) is 22.8. The van der Waals surface area contributed by atoms with Gasteiger partial charge >= 0.3 is 0 Å². The molecule has 0 N–H and O–H groups in total. The van der Waals surface area contributed by atoms with Gasteiger partial charge in [-0.15, -0.1) is 0 Å². The number of rotatable bonds is 18. The monoisotopic (exact) mass is 1180 g/mol. The summed E-state index contributed by atoms with van der Waals surface area (Å²) in [5, 5.41) is 0. The van der Waals surface area contributed by atoms with Crippen LogP contribution in [0.2, 0.25) is 0 Å². The van der Waals surface area contributed by atoms with Crippen molar-refractivity contribution < 1.29 is 42.7 Å². The van der Waals surface area contributed by atoms with Gasteiger partial charge in [0.1, 0.15) is 80.5 Å². The zero-order chi connectivity index (χ0) is 49.9. The summed E-state index contributed by atoms with van der Waals surface area (Å²) in [5.74, 6) is 8.96. The molecule has 0 heterocycles. The molecule has 0 bridgehead atoms. The molecule has 0 atom stereocenters. The van der Waals surface area contributed by atoms with Crippen molar-refractivity contribution in [3.8, 4) is 80.5 Å². The number of hydrogen-bond donors (Lipinski definition) is 0. The number of carbonyl (C=O) groups excluding carboxylic acids is 2. The fraction of sp³-hybridized carbons (Fsp3) is 0. The summed E-state index contributed by atoms with van der Waals surface area (Å²) in [6.45, 7) is 0. The van der Waals surface area contributed by atoms with Crippen LogP contribution in [0.5, 0.6) is 80.5 Å². The third-order valence-corrected chi connectivity index (χ3v) is 12.6. The van der Waals surface area contributed by atoms with E-state index in [2.05, 4.69) is 45.2 Å². The van der Waals surface area contributed by atoms with Crippen LogP contribution in [0.15, 0.2) is 243 Å². The van der Waals surface area contributed by atoms with Gasteiger partial charge in [0.2, 0.25) is 0 Å². The van der Waals surface area contributed by atoms with Crippen LogP contribution in [0.3, 0.4) is 0 Å². The molecule has 0 fully saturated rings. The van der Waals surface area contributed by atoms with Crippen LogP contribution >= 0.6 is 45.2 Å². The quantitative estimate of drug-likeness (QED) is 0.0614. The van der Waals surface area contributed by atoms with E-state index in [1.165, 1.54) is 0 Å². The molecule has 10 rings (SSSR count). The first-order valence-electron chi connectivity index (χ1n) is 22.9. The second-order valence-electron chi connectivity index (χ2n) is 16.2. The van der Waals surface area contributed by atoms with Gasteiger partial charge < -0.3 is 33.2 Å². The maximum absolute atomic E-state index is 13.3. The molecule has 0 spiro atoms. The molecule has 9 nitrogen and oxygen atoms in total. The first kappa shape index (κ1) is 48.2. The molecule has 10 aromatic rings. The zero-order valence-corrected chi connectivity index (χ0v) is 42.8. The predicted molar refractivity (Wildman–Crippen MR) is 297 cm³/mol. The van der Waals surface area contributed by atoms with Crippen LogP contribution in [0.1, 0.15) is 31.8 Å². The lowest BCUT2D eigenvalue weighted by Gasteiger charge is -2.11. The molecule has 11 heteroatoms. The Labute approximate surface area is 448 Å². The van der Waals surface area contributed by atoms with E-state index in [9.17, 15) is 9.59 Å². The minimum atomic E-state index is -0.132. The summed E-state index contributed by atoms with van der Waals surface area (Å²) in [4.78, 5) is 26.4. The molecule has 0 radical (unpaired) electrons. The number of halogens is 2. The normalized spacial score (nSPS) is 10.7. The van der Waals surface area contributed by atoms with Gasteiger partial charge in [-0.25, -0.2) is 0 Å². The van der Waals surface area contributed by atoms with E-state index in [4.69, 9.17) is 33.2 Å². The smallest absolute Gasteiger partial charge is 0.194 e. The van der Waals surface area contributed by atoms with Gasteiger partial charge in [0.25, 0.3) is 0 Å². The molecule has 0 amide bonds. The minimum absolute atomic E-state index is 0.0434. The lowest BCUT2D eigenvalue weighted by Crippen LogP contribution is -2.04. The first-order valence-corrected chi connectivity index (χ1v) is 25.0. The van der Waals surface area contributed by atoms with E-state index in [0.717, 1.165) is 18.6 Å². The largest absolute Gasteiger partial charge is 0.457 e. The molecule has 0 unspecified atom stereocenters. The molecule has 10 aromatic carbocycles. The Balaban J connectivity index is 0.653. The van der Waals surface area contributed by atoms with Crippen molar-refractivity contribution in [2.75, 3.05) is 0 Å². The molecule has 0 aliphatic carbocycles. The van der Waals surface area contributed by atoms with Crippen molar-refractivity contribution >= 4 is 56.7 Å². The topological polar surface area (TPSA) is 98.8 Å². The van der Waals surface area contributed by atoms with E-state index in [-0.39, 0.29) is 11.6 Å². The summed E-state index contributed by atoms with van der Waals surface area (Å²) in [5.41, 5.74) is 2.28. The Kier molecular flexibility index (Phi) is 15.1. The molecule has 73 heavy (non-hydrogen) atoms.